The number of furan rings is 1. The molecule has 5 heteroatoms. The first-order valence-electron chi connectivity index (χ1n) is 6.97. The molecule has 2 aromatic carbocycles. The van der Waals surface area contributed by atoms with Gasteiger partial charge in [0.05, 0.1) is 39.4 Å². The van der Waals surface area contributed by atoms with Crippen molar-refractivity contribution in [1.82, 2.24) is 19.9 Å². The molecule has 0 aliphatic rings. The molecule has 0 aliphatic carbocycles. The topological polar surface area (TPSA) is 67.6 Å². The smallest absolute Gasteiger partial charge is 0.196 e. The quantitative estimate of drug-likeness (QED) is 0.474. The number of imidazole rings is 1. The first kappa shape index (κ1) is 11.4. The fraction of sp³-hybridized carbons (Fsp3) is 0. The predicted molar refractivity (Wildman–Crippen MR) is 84.4 cm³/mol. The molecule has 5 aromatic rings. The van der Waals surface area contributed by atoms with Crippen molar-refractivity contribution in [3.63, 3.8) is 0 Å². The van der Waals surface area contributed by atoms with Gasteiger partial charge in [0, 0.05) is 0 Å². The largest absolute Gasteiger partial charge is 0.461 e. The minimum Gasteiger partial charge on any atom is -0.461 e. The van der Waals surface area contributed by atoms with Crippen molar-refractivity contribution < 1.29 is 4.42 Å². The summed E-state index contributed by atoms with van der Waals surface area (Å²) < 4.78 is 5.36. The monoisotopic (exact) mass is 286 g/mol. The Balaban J connectivity index is 1.82. The fourth-order valence-corrected chi connectivity index (χ4v) is 2.66. The average Bonchev–Trinajstić information content (AvgIpc) is 3.19. The van der Waals surface area contributed by atoms with Crippen molar-refractivity contribution >= 4 is 33.1 Å². The number of H-pyrrole nitrogens is 1. The van der Waals surface area contributed by atoms with Crippen LogP contribution in [0.2, 0.25) is 0 Å². The molecule has 1 N–H and O–H groups in total. The second-order valence-corrected chi connectivity index (χ2v) is 5.14. The average molecular weight is 286 g/mol. The van der Waals surface area contributed by atoms with Crippen molar-refractivity contribution in [2.75, 3.05) is 0 Å². The fourth-order valence-electron chi connectivity index (χ4n) is 2.66. The normalized spacial score (nSPS) is 11.6. The summed E-state index contributed by atoms with van der Waals surface area (Å²) in [6.07, 6.45) is 1.62. The Bertz CT molecular complexity index is 1050. The first-order valence-corrected chi connectivity index (χ1v) is 6.97. The molecule has 0 saturated heterocycles. The maximum Gasteiger partial charge on any atom is 0.196 e. The molecule has 3 heterocycles. The number of rotatable bonds is 1. The second kappa shape index (κ2) is 4.14. The predicted octanol–water partition coefficient (Wildman–Crippen LogP) is 3.92. The molecule has 0 atom stereocenters. The molecule has 0 unspecified atom stereocenters. The highest BCUT2D eigenvalue weighted by molar-refractivity contribution is 5.95. The first-order chi connectivity index (χ1) is 10.9. The molecule has 0 aliphatic heterocycles. The summed E-state index contributed by atoms with van der Waals surface area (Å²) in [5.74, 6) is 1.27. The summed E-state index contributed by atoms with van der Waals surface area (Å²) in [5, 5.41) is 0. The van der Waals surface area contributed by atoms with E-state index in [1.54, 1.807) is 6.26 Å². The molecule has 0 radical (unpaired) electrons. The van der Waals surface area contributed by atoms with Gasteiger partial charge in [-0.3, -0.25) is 0 Å². The van der Waals surface area contributed by atoms with E-state index >= 15 is 0 Å². The van der Waals surface area contributed by atoms with Gasteiger partial charge in [-0.2, -0.15) is 0 Å². The standard InChI is InChI=1S/C17H10N4O/c1-2-5-11-10(4-1)18-12-8-14-15(9-13(12)19-11)21-17(20-14)16-6-3-7-22-16/h1-9,18H. The van der Waals surface area contributed by atoms with Gasteiger partial charge in [0.2, 0.25) is 0 Å². The van der Waals surface area contributed by atoms with Crippen molar-refractivity contribution in [2.45, 2.75) is 0 Å². The van der Waals surface area contributed by atoms with Crippen LogP contribution >= 0.6 is 0 Å². The zero-order chi connectivity index (χ0) is 14.5. The third kappa shape index (κ3) is 1.62. The zero-order valence-electron chi connectivity index (χ0n) is 11.4. The number of nitrogens with one attached hydrogen (secondary N) is 1. The van der Waals surface area contributed by atoms with Crippen molar-refractivity contribution in [1.29, 1.82) is 0 Å². The molecule has 0 amide bonds. The Kier molecular flexibility index (Phi) is 2.16. The van der Waals surface area contributed by atoms with Gasteiger partial charge in [-0.1, -0.05) is 12.1 Å². The molecule has 22 heavy (non-hydrogen) atoms. The lowest BCUT2D eigenvalue weighted by Crippen LogP contribution is -1.87. The summed E-state index contributed by atoms with van der Waals surface area (Å²) in [5.41, 5.74) is 5.39. The molecular weight excluding hydrogens is 276 g/mol. The minimum absolute atomic E-state index is 0.597. The van der Waals surface area contributed by atoms with Gasteiger partial charge in [-0.05, 0) is 36.4 Å². The highest BCUT2D eigenvalue weighted by atomic mass is 16.3. The second-order valence-electron chi connectivity index (χ2n) is 5.14. The van der Waals surface area contributed by atoms with E-state index in [0.717, 1.165) is 33.1 Å². The number of para-hydroxylation sites is 2. The number of benzene rings is 2. The van der Waals surface area contributed by atoms with Crippen LogP contribution in [0.4, 0.5) is 0 Å². The summed E-state index contributed by atoms with van der Waals surface area (Å²) in [4.78, 5) is 17.1. The molecule has 5 rings (SSSR count). The Hall–Kier alpha value is -3.21. The van der Waals surface area contributed by atoms with Crippen LogP contribution < -0.4 is 0 Å². The van der Waals surface area contributed by atoms with E-state index in [0.29, 0.717) is 11.6 Å². The Labute approximate surface area is 124 Å². The number of hydrogen-bond donors (Lipinski definition) is 1. The molecule has 5 nitrogen and oxygen atoms in total. The molecular formula is C17H10N4O. The molecule has 0 saturated carbocycles. The Morgan fingerprint density at radius 2 is 1.59 bits per heavy atom. The van der Waals surface area contributed by atoms with Crippen molar-refractivity contribution in [3.8, 4) is 11.6 Å². The number of hydrogen-bond acceptors (Lipinski definition) is 4. The maximum absolute atomic E-state index is 5.36. The van der Waals surface area contributed by atoms with Gasteiger partial charge in [0.1, 0.15) is 0 Å². The van der Waals surface area contributed by atoms with E-state index in [9.17, 15) is 0 Å². The number of nitrogens with zero attached hydrogens (tertiary/aromatic N) is 3. The van der Waals surface area contributed by atoms with E-state index in [1.165, 1.54) is 0 Å². The van der Waals surface area contributed by atoms with Crippen LogP contribution in [0.5, 0.6) is 0 Å². The SMILES string of the molecule is c1coc(-c2nc3cc4nc5ccccc5[nH]c4cc3n2)c1. The van der Waals surface area contributed by atoms with E-state index < -0.39 is 0 Å². The Morgan fingerprint density at radius 3 is 2.45 bits per heavy atom. The molecule has 0 spiro atoms. The van der Waals surface area contributed by atoms with Gasteiger partial charge < -0.3 is 9.40 Å². The highest BCUT2D eigenvalue weighted by Crippen LogP contribution is 2.25. The van der Waals surface area contributed by atoms with Crippen LogP contribution in [0.15, 0.2) is 59.2 Å². The van der Waals surface area contributed by atoms with Gasteiger partial charge in [-0.15, -0.1) is 0 Å². The van der Waals surface area contributed by atoms with Gasteiger partial charge in [0.25, 0.3) is 0 Å². The van der Waals surface area contributed by atoms with Gasteiger partial charge in [-0.25, -0.2) is 15.0 Å². The lowest BCUT2D eigenvalue weighted by Gasteiger charge is -2.01. The molecule has 3 aromatic heterocycles. The van der Waals surface area contributed by atoms with E-state index in [1.807, 2.05) is 48.5 Å². The summed E-state index contributed by atoms with van der Waals surface area (Å²) >= 11 is 0. The van der Waals surface area contributed by atoms with Crippen LogP contribution in [-0.4, -0.2) is 19.9 Å². The number of aromatic nitrogens is 4. The van der Waals surface area contributed by atoms with Crippen LogP contribution in [0.3, 0.4) is 0 Å². The molecule has 0 fully saturated rings. The van der Waals surface area contributed by atoms with Crippen LogP contribution in [0, 0.1) is 0 Å². The maximum atomic E-state index is 5.36. The van der Waals surface area contributed by atoms with Crippen LogP contribution in [0.25, 0.3) is 44.7 Å². The third-order valence-electron chi connectivity index (χ3n) is 3.70. The van der Waals surface area contributed by atoms with Crippen LogP contribution in [-0.2, 0) is 0 Å². The number of aromatic amines is 1. The van der Waals surface area contributed by atoms with E-state index in [4.69, 9.17) is 4.42 Å². The lowest BCUT2D eigenvalue weighted by molar-refractivity contribution is 0.578. The third-order valence-corrected chi connectivity index (χ3v) is 3.70. The van der Waals surface area contributed by atoms with Crippen LogP contribution in [0.1, 0.15) is 0 Å². The molecule has 0 bridgehead atoms. The van der Waals surface area contributed by atoms with Gasteiger partial charge in [0.15, 0.2) is 11.6 Å². The highest BCUT2D eigenvalue weighted by Gasteiger charge is 2.11. The summed E-state index contributed by atoms with van der Waals surface area (Å²) in [6, 6.07) is 15.6. The van der Waals surface area contributed by atoms with Crippen molar-refractivity contribution in [2.24, 2.45) is 0 Å². The van der Waals surface area contributed by atoms with Crippen molar-refractivity contribution in [3.05, 3.63) is 54.8 Å². The minimum atomic E-state index is 0.597. The zero-order valence-corrected chi connectivity index (χ0v) is 11.4. The molecule has 104 valence electrons. The Morgan fingerprint density at radius 1 is 0.727 bits per heavy atom. The summed E-state index contributed by atoms with van der Waals surface area (Å²) in [6.45, 7) is 0. The van der Waals surface area contributed by atoms with E-state index in [2.05, 4.69) is 19.9 Å². The summed E-state index contributed by atoms with van der Waals surface area (Å²) in [7, 11) is 0. The number of fused-ring (bicyclic) bond motifs is 3. The lowest BCUT2D eigenvalue weighted by atomic mass is 10.2. The van der Waals surface area contributed by atoms with E-state index in [-0.39, 0.29) is 0 Å². The van der Waals surface area contributed by atoms with Gasteiger partial charge >= 0.3 is 0 Å².